The average molecular weight is 499 g/mol. The van der Waals surface area contributed by atoms with E-state index in [1.54, 1.807) is 0 Å². The fourth-order valence-corrected chi connectivity index (χ4v) is 3.61. The van der Waals surface area contributed by atoms with Gasteiger partial charge >= 0.3 is 5.97 Å². The van der Waals surface area contributed by atoms with Crippen LogP contribution >= 0.6 is 0 Å². The highest BCUT2D eigenvalue weighted by Gasteiger charge is 2.36. The minimum Gasteiger partial charge on any atom is -0.480 e. The van der Waals surface area contributed by atoms with E-state index >= 15 is 0 Å². The molecule has 4 atom stereocenters. The Bertz CT molecular complexity index is 810. The molecule has 198 valence electrons. The van der Waals surface area contributed by atoms with E-state index in [0.717, 1.165) is 0 Å². The molecule has 13 N–H and O–H groups in total. The van der Waals surface area contributed by atoms with E-state index in [1.165, 1.54) is 11.8 Å². The number of amides is 3. The van der Waals surface area contributed by atoms with E-state index in [0.29, 0.717) is 38.8 Å². The van der Waals surface area contributed by atoms with Crippen molar-refractivity contribution in [2.45, 2.75) is 69.6 Å². The van der Waals surface area contributed by atoms with Crippen LogP contribution < -0.4 is 39.3 Å². The number of nitrogens with one attached hydrogen (secondary N) is 2. The summed E-state index contributed by atoms with van der Waals surface area (Å²) in [6, 6.07) is -3.83. The number of nitrogens with two attached hydrogens (primary N) is 5. The maximum absolute atomic E-state index is 12.9. The van der Waals surface area contributed by atoms with Crippen LogP contribution in [-0.2, 0) is 19.2 Å². The summed E-state index contributed by atoms with van der Waals surface area (Å²) in [5.74, 6) is -2.93. The van der Waals surface area contributed by atoms with Gasteiger partial charge in [-0.25, -0.2) is 4.79 Å². The Kier molecular flexibility index (Phi) is 12.3. The molecule has 0 aliphatic carbocycles. The molecule has 15 heteroatoms. The number of carboxylic acids is 1. The molecule has 1 aliphatic heterocycles. The Morgan fingerprint density at radius 1 is 0.971 bits per heavy atom. The lowest BCUT2D eigenvalue weighted by atomic mass is 10.1. The van der Waals surface area contributed by atoms with Crippen LogP contribution in [0.15, 0.2) is 9.98 Å². The molecule has 3 amide bonds. The summed E-state index contributed by atoms with van der Waals surface area (Å²) in [5.41, 5.74) is 27.1. The highest BCUT2D eigenvalue weighted by molar-refractivity contribution is 5.94. The van der Waals surface area contributed by atoms with E-state index in [-0.39, 0.29) is 31.3 Å². The van der Waals surface area contributed by atoms with Gasteiger partial charge in [-0.2, -0.15) is 0 Å². The number of nitrogens with zero attached hydrogens (tertiary/aromatic N) is 3. The first kappa shape index (κ1) is 29.4. The number of carbonyl (C=O) groups is 4. The summed E-state index contributed by atoms with van der Waals surface area (Å²) in [6.45, 7) is 2.29. The summed E-state index contributed by atoms with van der Waals surface area (Å²) >= 11 is 0. The van der Waals surface area contributed by atoms with Gasteiger partial charge in [0.05, 0.1) is 6.04 Å². The van der Waals surface area contributed by atoms with E-state index < -0.39 is 47.9 Å². The molecule has 1 rings (SSSR count). The predicted octanol–water partition coefficient (Wildman–Crippen LogP) is -3.51. The van der Waals surface area contributed by atoms with Gasteiger partial charge in [-0.15, -0.1) is 0 Å². The zero-order valence-corrected chi connectivity index (χ0v) is 20.0. The molecule has 4 unspecified atom stereocenters. The van der Waals surface area contributed by atoms with Crippen LogP contribution in [0.1, 0.15) is 45.4 Å². The fourth-order valence-electron chi connectivity index (χ4n) is 3.61. The maximum atomic E-state index is 12.9. The molecule has 0 radical (unpaired) electrons. The first-order chi connectivity index (χ1) is 16.4. The number of guanidine groups is 2. The molecule has 0 saturated carbocycles. The number of aliphatic imine (C=N–C) groups is 2. The van der Waals surface area contributed by atoms with Crippen LogP contribution in [0.4, 0.5) is 0 Å². The predicted molar refractivity (Wildman–Crippen MR) is 130 cm³/mol. The quantitative estimate of drug-likeness (QED) is 0.0664. The molecule has 1 fully saturated rings. The van der Waals surface area contributed by atoms with Crippen LogP contribution in [0.2, 0.25) is 0 Å². The molecule has 1 heterocycles. The molecule has 0 bridgehead atoms. The van der Waals surface area contributed by atoms with Crippen LogP contribution in [0.3, 0.4) is 0 Å². The molecule has 1 aliphatic rings. The fraction of sp³-hybridized carbons (Fsp3) is 0.700. The first-order valence-electron chi connectivity index (χ1n) is 11.4. The van der Waals surface area contributed by atoms with Gasteiger partial charge in [-0.3, -0.25) is 24.4 Å². The second kappa shape index (κ2) is 14.6. The van der Waals surface area contributed by atoms with Gasteiger partial charge in [-0.1, -0.05) is 0 Å². The summed E-state index contributed by atoms with van der Waals surface area (Å²) in [6.07, 6.45) is 2.20. The van der Waals surface area contributed by atoms with Crippen molar-refractivity contribution in [2.75, 3.05) is 19.6 Å². The number of hydrogen-bond acceptors (Lipinski definition) is 7. The Morgan fingerprint density at radius 2 is 1.54 bits per heavy atom. The van der Waals surface area contributed by atoms with Gasteiger partial charge in [0.15, 0.2) is 11.9 Å². The Morgan fingerprint density at radius 3 is 2.09 bits per heavy atom. The molecule has 35 heavy (non-hydrogen) atoms. The summed E-state index contributed by atoms with van der Waals surface area (Å²) < 4.78 is 0. The molecule has 0 aromatic heterocycles. The van der Waals surface area contributed by atoms with E-state index in [1.807, 2.05) is 0 Å². The van der Waals surface area contributed by atoms with Crippen LogP contribution in [0.5, 0.6) is 0 Å². The van der Waals surface area contributed by atoms with Gasteiger partial charge in [0.1, 0.15) is 18.1 Å². The van der Waals surface area contributed by atoms with Crippen molar-refractivity contribution in [3.8, 4) is 0 Å². The third-order valence-electron chi connectivity index (χ3n) is 5.43. The molecular formula is C20H38N10O5. The second-order valence-corrected chi connectivity index (χ2v) is 8.32. The number of carbonyl (C=O) groups excluding carboxylic acids is 3. The second-order valence-electron chi connectivity index (χ2n) is 8.32. The third-order valence-corrected chi connectivity index (χ3v) is 5.43. The topological polar surface area (TPSA) is 271 Å². The third kappa shape index (κ3) is 10.5. The molecular weight excluding hydrogens is 460 g/mol. The maximum Gasteiger partial charge on any atom is 0.326 e. The summed E-state index contributed by atoms with van der Waals surface area (Å²) in [5, 5.41) is 14.5. The largest absolute Gasteiger partial charge is 0.480 e. The van der Waals surface area contributed by atoms with Crippen molar-refractivity contribution in [2.24, 2.45) is 38.7 Å². The van der Waals surface area contributed by atoms with Crippen molar-refractivity contribution < 1.29 is 24.3 Å². The first-order valence-corrected chi connectivity index (χ1v) is 11.4. The number of hydrogen-bond donors (Lipinski definition) is 8. The van der Waals surface area contributed by atoms with Crippen molar-refractivity contribution in [3.05, 3.63) is 0 Å². The van der Waals surface area contributed by atoms with Gasteiger partial charge < -0.3 is 49.3 Å². The minimum absolute atomic E-state index is 0.0622. The van der Waals surface area contributed by atoms with Gasteiger partial charge in [0.25, 0.3) is 0 Å². The van der Waals surface area contributed by atoms with E-state index in [2.05, 4.69) is 20.6 Å². The van der Waals surface area contributed by atoms with Crippen molar-refractivity contribution in [3.63, 3.8) is 0 Å². The van der Waals surface area contributed by atoms with Gasteiger partial charge in [-0.05, 0) is 45.4 Å². The molecule has 0 aromatic rings. The zero-order chi connectivity index (χ0) is 26.5. The van der Waals surface area contributed by atoms with Crippen molar-refractivity contribution in [1.29, 1.82) is 0 Å². The lowest BCUT2D eigenvalue weighted by molar-refractivity contribution is -0.149. The molecule has 1 saturated heterocycles. The average Bonchev–Trinajstić information content (AvgIpc) is 3.27. The van der Waals surface area contributed by atoms with Crippen LogP contribution in [0.25, 0.3) is 0 Å². The molecule has 15 nitrogen and oxygen atoms in total. The zero-order valence-electron chi connectivity index (χ0n) is 20.0. The Balaban J connectivity index is 2.78. The highest BCUT2D eigenvalue weighted by atomic mass is 16.4. The normalized spacial score (nSPS) is 17.5. The van der Waals surface area contributed by atoms with Gasteiger partial charge in [0, 0.05) is 19.6 Å². The standard InChI is InChI=1S/C20H38N10O5/c1-11(17(33)30-10-4-7-14(30)18(34)35)28-16(32)13(6-3-9-27-20(24)25)29-15(31)12(21)5-2-8-26-19(22)23/h11-14H,2-10,21H2,1H3,(H,28,32)(H,29,31)(H,34,35)(H4,22,23,26)(H4,24,25,27). The lowest BCUT2D eigenvalue weighted by Gasteiger charge is -2.27. The van der Waals surface area contributed by atoms with Crippen molar-refractivity contribution in [1.82, 2.24) is 15.5 Å². The van der Waals surface area contributed by atoms with E-state index in [4.69, 9.17) is 28.7 Å². The summed E-state index contributed by atoms with van der Waals surface area (Å²) in [7, 11) is 0. The minimum atomic E-state index is -1.09. The van der Waals surface area contributed by atoms with Crippen LogP contribution in [-0.4, -0.2) is 89.4 Å². The smallest absolute Gasteiger partial charge is 0.326 e. The molecule has 0 aromatic carbocycles. The monoisotopic (exact) mass is 498 g/mol. The highest BCUT2D eigenvalue weighted by Crippen LogP contribution is 2.18. The van der Waals surface area contributed by atoms with Crippen LogP contribution in [0, 0.1) is 0 Å². The Hall–Kier alpha value is -3.62. The Labute approximate surface area is 203 Å². The number of likely N-dealkylation sites (tertiary alicyclic amines) is 1. The van der Waals surface area contributed by atoms with Gasteiger partial charge in [0.2, 0.25) is 17.7 Å². The number of carboxylic acid groups (broad SMARTS) is 1. The summed E-state index contributed by atoms with van der Waals surface area (Å²) in [4.78, 5) is 58.5. The molecule has 0 spiro atoms. The number of aliphatic carboxylic acids is 1. The lowest BCUT2D eigenvalue weighted by Crippen LogP contribution is -2.56. The van der Waals surface area contributed by atoms with Crippen molar-refractivity contribution >= 4 is 35.6 Å². The SMILES string of the molecule is CC(NC(=O)C(CCCN=C(N)N)NC(=O)C(N)CCCN=C(N)N)C(=O)N1CCCC1C(=O)O. The number of rotatable bonds is 14. The van der Waals surface area contributed by atoms with E-state index in [9.17, 15) is 24.3 Å².